The van der Waals surface area contributed by atoms with Crippen LogP contribution in [0.5, 0.6) is 5.75 Å². The highest BCUT2D eigenvalue weighted by Gasteiger charge is 2.11. The predicted octanol–water partition coefficient (Wildman–Crippen LogP) is 3.15. The molecule has 0 unspecified atom stereocenters. The summed E-state index contributed by atoms with van der Waals surface area (Å²) < 4.78 is 18.8. The summed E-state index contributed by atoms with van der Waals surface area (Å²) in [5, 5.41) is 0.845. The minimum atomic E-state index is -0.418. The molecule has 0 spiro atoms. The van der Waals surface area contributed by atoms with Gasteiger partial charge in [0.2, 0.25) is 0 Å². The third kappa shape index (κ3) is 1.35. The molecule has 2 nitrogen and oxygen atoms in total. The zero-order valence-corrected chi connectivity index (χ0v) is 9.01. The van der Waals surface area contributed by atoms with Crippen LogP contribution in [0.3, 0.4) is 0 Å². The van der Waals surface area contributed by atoms with Crippen molar-refractivity contribution in [3.8, 4) is 5.75 Å². The molecule has 2 aromatic rings. The van der Waals surface area contributed by atoms with Crippen LogP contribution in [0.4, 0.5) is 4.39 Å². The molecule has 0 radical (unpaired) electrons. The van der Waals surface area contributed by atoms with E-state index in [9.17, 15) is 4.39 Å². The van der Waals surface area contributed by atoms with Crippen molar-refractivity contribution >= 4 is 26.8 Å². The maximum atomic E-state index is 13.5. The maximum Gasteiger partial charge on any atom is 0.181 e. The molecule has 0 amide bonds. The number of ether oxygens (including phenoxy) is 1. The molecule has 0 aliphatic rings. The number of rotatable bonds is 1. The molecule has 1 aromatic carbocycles. The zero-order chi connectivity index (χ0) is 10.1. The van der Waals surface area contributed by atoms with Crippen LogP contribution in [0.15, 0.2) is 28.9 Å². The topological polar surface area (TPSA) is 22.1 Å². The molecule has 0 aliphatic carbocycles. The van der Waals surface area contributed by atoms with Gasteiger partial charge in [0.25, 0.3) is 0 Å². The summed E-state index contributed by atoms with van der Waals surface area (Å²) in [5.41, 5.74) is 0.603. The Morgan fingerprint density at radius 2 is 2.29 bits per heavy atom. The molecular formula is C10H7BrFNO. The lowest BCUT2D eigenvalue weighted by atomic mass is 10.2. The lowest BCUT2D eigenvalue weighted by Crippen LogP contribution is -1.91. The standard InChI is InChI=1S/C10H7BrFNO/c1-14-7-5-6-3-2-4-13-10(6)8(11)9(7)12/h2-5H,1H3. The summed E-state index contributed by atoms with van der Waals surface area (Å²) in [6.07, 6.45) is 1.62. The molecule has 2 rings (SSSR count). The summed E-state index contributed by atoms with van der Waals surface area (Å²) in [5.74, 6) is -0.198. The van der Waals surface area contributed by atoms with Gasteiger partial charge in [-0.1, -0.05) is 6.07 Å². The van der Waals surface area contributed by atoms with E-state index in [1.54, 1.807) is 18.3 Å². The number of aromatic nitrogens is 1. The van der Waals surface area contributed by atoms with Gasteiger partial charge in [-0.05, 0) is 28.1 Å². The second kappa shape index (κ2) is 3.53. The van der Waals surface area contributed by atoms with Crippen molar-refractivity contribution in [1.82, 2.24) is 4.98 Å². The normalized spacial score (nSPS) is 10.5. The van der Waals surface area contributed by atoms with E-state index in [0.29, 0.717) is 9.99 Å². The Balaban J connectivity index is 2.85. The Labute approximate surface area is 88.8 Å². The number of methoxy groups -OCH3 is 1. The van der Waals surface area contributed by atoms with Crippen LogP contribution < -0.4 is 4.74 Å². The van der Waals surface area contributed by atoms with Crippen LogP contribution in [0.2, 0.25) is 0 Å². The van der Waals surface area contributed by atoms with Crippen LogP contribution >= 0.6 is 15.9 Å². The smallest absolute Gasteiger partial charge is 0.181 e. The average Bonchev–Trinajstić information content (AvgIpc) is 2.23. The highest BCUT2D eigenvalue weighted by atomic mass is 79.9. The lowest BCUT2D eigenvalue weighted by molar-refractivity contribution is 0.386. The fraction of sp³-hybridized carbons (Fsp3) is 0.100. The predicted molar refractivity (Wildman–Crippen MR) is 56.0 cm³/mol. The van der Waals surface area contributed by atoms with Gasteiger partial charge in [0, 0.05) is 11.6 Å². The quantitative estimate of drug-likeness (QED) is 0.781. The van der Waals surface area contributed by atoms with Crippen molar-refractivity contribution in [2.75, 3.05) is 7.11 Å². The molecule has 0 saturated heterocycles. The van der Waals surface area contributed by atoms with Crippen LogP contribution in [0, 0.1) is 5.82 Å². The van der Waals surface area contributed by atoms with Crippen molar-refractivity contribution < 1.29 is 9.13 Å². The van der Waals surface area contributed by atoms with Crippen LogP contribution in [-0.4, -0.2) is 12.1 Å². The molecule has 4 heteroatoms. The highest BCUT2D eigenvalue weighted by Crippen LogP contribution is 2.31. The molecule has 0 bridgehead atoms. The van der Waals surface area contributed by atoms with Gasteiger partial charge in [-0.2, -0.15) is 0 Å². The second-order valence-electron chi connectivity index (χ2n) is 2.78. The summed E-state index contributed by atoms with van der Waals surface area (Å²) in [6, 6.07) is 5.28. The van der Waals surface area contributed by atoms with E-state index >= 15 is 0 Å². The average molecular weight is 256 g/mol. The first kappa shape index (κ1) is 9.40. The van der Waals surface area contributed by atoms with Crippen molar-refractivity contribution in [2.45, 2.75) is 0 Å². The Morgan fingerprint density at radius 1 is 1.50 bits per heavy atom. The van der Waals surface area contributed by atoms with E-state index < -0.39 is 5.82 Å². The number of pyridine rings is 1. The second-order valence-corrected chi connectivity index (χ2v) is 3.57. The monoisotopic (exact) mass is 255 g/mol. The molecule has 0 fully saturated rings. The third-order valence-electron chi connectivity index (χ3n) is 1.96. The Morgan fingerprint density at radius 3 is 3.00 bits per heavy atom. The first-order chi connectivity index (χ1) is 6.74. The van der Waals surface area contributed by atoms with Gasteiger partial charge in [-0.3, -0.25) is 4.98 Å². The van der Waals surface area contributed by atoms with E-state index in [1.165, 1.54) is 7.11 Å². The first-order valence-corrected chi connectivity index (χ1v) is 4.80. The van der Waals surface area contributed by atoms with E-state index in [4.69, 9.17) is 4.74 Å². The lowest BCUT2D eigenvalue weighted by Gasteiger charge is -2.06. The third-order valence-corrected chi connectivity index (χ3v) is 2.69. The van der Waals surface area contributed by atoms with E-state index in [2.05, 4.69) is 20.9 Å². The fourth-order valence-electron chi connectivity index (χ4n) is 1.28. The SMILES string of the molecule is COc1cc2cccnc2c(Br)c1F. The number of fused-ring (bicyclic) bond motifs is 1. The minimum Gasteiger partial charge on any atom is -0.494 e. The molecule has 0 aliphatic heterocycles. The molecule has 0 saturated carbocycles. The van der Waals surface area contributed by atoms with Crippen LogP contribution in [-0.2, 0) is 0 Å². The molecule has 14 heavy (non-hydrogen) atoms. The molecule has 1 aromatic heterocycles. The Kier molecular flexibility index (Phi) is 2.37. The highest BCUT2D eigenvalue weighted by molar-refractivity contribution is 9.10. The summed E-state index contributed by atoms with van der Waals surface area (Å²) >= 11 is 3.15. The van der Waals surface area contributed by atoms with Crippen LogP contribution in [0.25, 0.3) is 10.9 Å². The largest absolute Gasteiger partial charge is 0.494 e. The number of benzene rings is 1. The summed E-state index contributed by atoms with van der Waals surface area (Å²) in [4.78, 5) is 4.07. The van der Waals surface area contributed by atoms with E-state index in [1.807, 2.05) is 6.07 Å². The summed E-state index contributed by atoms with van der Waals surface area (Å²) in [7, 11) is 1.44. The number of hydrogen-bond acceptors (Lipinski definition) is 2. The fourth-order valence-corrected chi connectivity index (χ4v) is 1.81. The molecule has 72 valence electrons. The van der Waals surface area contributed by atoms with Gasteiger partial charge in [-0.15, -0.1) is 0 Å². The van der Waals surface area contributed by atoms with Gasteiger partial charge in [0.15, 0.2) is 11.6 Å². The molecule has 1 heterocycles. The molecule has 0 atom stereocenters. The number of halogens is 2. The number of nitrogens with zero attached hydrogens (tertiary/aromatic N) is 1. The van der Waals surface area contributed by atoms with Crippen molar-refractivity contribution in [1.29, 1.82) is 0 Å². The van der Waals surface area contributed by atoms with Gasteiger partial charge in [-0.25, -0.2) is 4.39 Å². The summed E-state index contributed by atoms with van der Waals surface area (Å²) in [6.45, 7) is 0. The van der Waals surface area contributed by atoms with Gasteiger partial charge in [0.1, 0.15) is 0 Å². The van der Waals surface area contributed by atoms with Gasteiger partial charge in [0.05, 0.1) is 17.1 Å². The van der Waals surface area contributed by atoms with Crippen molar-refractivity contribution in [3.05, 3.63) is 34.7 Å². The number of hydrogen-bond donors (Lipinski definition) is 0. The van der Waals surface area contributed by atoms with E-state index in [-0.39, 0.29) is 5.75 Å². The van der Waals surface area contributed by atoms with Crippen LogP contribution in [0.1, 0.15) is 0 Å². The van der Waals surface area contributed by atoms with Crippen molar-refractivity contribution in [3.63, 3.8) is 0 Å². The van der Waals surface area contributed by atoms with Gasteiger partial charge < -0.3 is 4.74 Å². The first-order valence-electron chi connectivity index (χ1n) is 4.00. The van der Waals surface area contributed by atoms with Gasteiger partial charge >= 0.3 is 0 Å². The Hall–Kier alpha value is -1.16. The maximum absolute atomic E-state index is 13.5. The Bertz CT molecular complexity index is 487. The van der Waals surface area contributed by atoms with E-state index in [0.717, 1.165) is 5.39 Å². The molecule has 0 N–H and O–H groups in total. The molecular weight excluding hydrogens is 249 g/mol. The minimum absolute atomic E-state index is 0.220. The van der Waals surface area contributed by atoms with Crippen molar-refractivity contribution in [2.24, 2.45) is 0 Å². The zero-order valence-electron chi connectivity index (χ0n) is 7.42.